The number of halogens is 2. The van der Waals surface area contributed by atoms with Crippen LogP contribution in [0, 0.1) is 11.8 Å². The van der Waals surface area contributed by atoms with Gasteiger partial charge in [-0.05, 0) is 80.5 Å². The van der Waals surface area contributed by atoms with Gasteiger partial charge in [0.1, 0.15) is 17.3 Å². The molecule has 2 N–H and O–H groups in total. The number of ether oxygens (including phenoxy) is 2. The Morgan fingerprint density at radius 2 is 1.67 bits per heavy atom. The summed E-state index contributed by atoms with van der Waals surface area (Å²) >= 11 is 1.41. The Labute approximate surface area is 257 Å². The van der Waals surface area contributed by atoms with E-state index in [1.807, 2.05) is 20.2 Å². The molecule has 42 heavy (non-hydrogen) atoms. The van der Waals surface area contributed by atoms with Gasteiger partial charge in [-0.3, -0.25) is 4.72 Å². The Bertz CT molecular complexity index is 1310. The summed E-state index contributed by atoms with van der Waals surface area (Å²) in [6, 6.07) is 5.32. The number of rotatable bonds is 14. The molecule has 0 saturated heterocycles. The van der Waals surface area contributed by atoms with Crippen molar-refractivity contribution in [2.75, 3.05) is 50.6 Å². The summed E-state index contributed by atoms with van der Waals surface area (Å²) in [6.45, 7) is 5.65. The summed E-state index contributed by atoms with van der Waals surface area (Å²) in [5, 5.41) is 5.59. The second kappa shape index (κ2) is 14.8. The lowest BCUT2D eigenvalue weighted by Gasteiger charge is -2.29. The Kier molecular flexibility index (Phi) is 11.7. The topological polar surface area (TPSA) is 71.5 Å². The van der Waals surface area contributed by atoms with E-state index in [4.69, 9.17) is 19.4 Å². The monoisotopic (exact) mass is 639 g/mol. The number of fused-ring (bicyclic) bond motifs is 1. The lowest BCUT2D eigenvalue weighted by atomic mass is 9.82. The Hall–Kier alpha value is -1.73. The molecule has 0 spiro atoms. The fraction of sp³-hybridized carbons (Fsp3) is 0.600. The third kappa shape index (κ3) is 10.5. The molecule has 1 fully saturated rings. The van der Waals surface area contributed by atoms with Gasteiger partial charge >= 0.3 is 0 Å². The normalized spacial score (nSPS) is 18.9. The zero-order valence-electron chi connectivity index (χ0n) is 25.1. The molecule has 0 bridgehead atoms. The average Bonchev–Trinajstić information content (AvgIpc) is 2.93. The molecule has 0 aliphatic heterocycles. The highest BCUT2D eigenvalue weighted by Crippen LogP contribution is 2.35. The van der Waals surface area contributed by atoms with E-state index in [0.29, 0.717) is 35.9 Å². The lowest BCUT2D eigenvalue weighted by Crippen LogP contribution is -2.37. The molecule has 2 aromatic rings. The number of hydrogen-bond donors (Lipinski definition) is 2. The van der Waals surface area contributed by atoms with E-state index in [1.165, 1.54) is 21.2 Å². The van der Waals surface area contributed by atoms with Crippen molar-refractivity contribution in [1.82, 2.24) is 14.7 Å². The van der Waals surface area contributed by atoms with Crippen LogP contribution >= 0.6 is 30.4 Å². The van der Waals surface area contributed by atoms with Gasteiger partial charge in [0.2, 0.25) is 5.95 Å². The minimum Gasteiger partial charge on any atom is -0.493 e. The molecule has 232 valence electrons. The van der Waals surface area contributed by atoms with Gasteiger partial charge in [-0.1, -0.05) is 35.2 Å². The van der Waals surface area contributed by atoms with Crippen LogP contribution < -0.4 is 35.0 Å². The maximum absolute atomic E-state index is 13.4. The molecule has 2 aliphatic rings. The maximum Gasteiger partial charge on any atom is 0.292 e. The molecule has 2 aliphatic carbocycles. The number of benzene rings is 1. The third-order valence-electron chi connectivity index (χ3n) is 7.25. The minimum atomic E-state index is -2.99. The van der Waals surface area contributed by atoms with Crippen LogP contribution in [0.4, 0.5) is 20.5 Å². The van der Waals surface area contributed by atoms with Crippen molar-refractivity contribution in [3.05, 3.63) is 28.8 Å². The Morgan fingerprint density at radius 1 is 0.976 bits per heavy atom. The van der Waals surface area contributed by atoms with Crippen molar-refractivity contribution in [2.45, 2.75) is 68.1 Å². The summed E-state index contributed by atoms with van der Waals surface area (Å²) in [5.74, 6) is 3.90. The summed E-state index contributed by atoms with van der Waals surface area (Å²) < 4.78 is 41.7. The molecule has 2 atom stereocenters. The number of anilines is 2. The van der Waals surface area contributed by atoms with Crippen LogP contribution in [0.2, 0.25) is 0 Å². The molecular weight excluding hydrogens is 594 g/mol. The van der Waals surface area contributed by atoms with Gasteiger partial charge in [-0.15, -0.1) is 9.24 Å². The average molecular weight is 640 g/mol. The van der Waals surface area contributed by atoms with Gasteiger partial charge in [0, 0.05) is 37.6 Å². The maximum atomic E-state index is 13.4. The summed E-state index contributed by atoms with van der Waals surface area (Å²) in [6.07, 6.45) is 11.0. The van der Waals surface area contributed by atoms with E-state index in [0.717, 1.165) is 72.9 Å². The molecule has 0 amide bonds. The number of alkyl halides is 2. The predicted octanol–water partition coefficient (Wildman–Crippen LogP) is 5.29. The fourth-order valence-corrected chi connectivity index (χ4v) is 6.07. The number of hydrogen-bond acceptors (Lipinski definition) is 8. The van der Waals surface area contributed by atoms with Crippen LogP contribution in [-0.4, -0.2) is 61.2 Å². The first-order valence-electron chi connectivity index (χ1n) is 14.6. The van der Waals surface area contributed by atoms with E-state index >= 15 is 0 Å². The van der Waals surface area contributed by atoms with E-state index < -0.39 is 12.3 Å². The molecule has 4 rings (SSSR count). The van der Waals surface area contributed by atoms with Crippen molar-refractivity contribution < 1.29 is 18.3 Å². The standard InChI is InChI=1S/C30H45F2N5O2P2S/c1-29(2,40)18-38-22-13-14-25(39-19-30(31,32)41)26(15-22)42-34-17-21-11-9-20(10-12-21)16-33-28-35-24-8-6-5-7-23(24)27(36-28)37(3)4/h7-8,13-15,20-21,34H,5-6,9-12,16-19,40-41H2,1-4H3,(H,33,35). The van der Waals surface area contributed by atoms with Crippen LogP contribution in [0.5, 0.6) is 11.5 Å². The van der Waals surface area contributed by atoms with Crippen LogP contribution in [0.1, 0.15) is 52.4 Å². The first-order valence-corrected chi connectivity index (χ1v) is 16.6. The van der Waals surface area contributed by atoms with E-state index in [2.05, 4.69) is 50.2 Å². The van der Waals surface area contributed by atoms with Crippen LogP contribution in [-0.2, 0) is 0 Å². The minimum absolute atomic E-state index is 0.0728. The van der Waals surface area contributed by atoms with Gasteiger partial charge in [0.15, 0.2) is 6.61 Å². The quantitative estimate of drug-likeness (QED) is 0.214. The molecule has 2 unspecified atom stereocenters. The van der Waals surface area contributed by atoms with Crippen LogP contribution in [0.3, 0.4) is 0 Å². The highest BCUT2D eigenvalue weighted by atomic mass is 32.2. The predicted molar refractivity (Wildman–Crippen MR) is 177 cm³/mol. The summed E-state index contributed by atoms with van der Waals surface area (Å²) in [4.78, 5) is 12.4. The van der Waals surface area contributed by atoms with E-state index in [-0.39, 0.29) is 5.16 Å². The second-order valence-corrected chi connectivity index (χ2v) is 15.5. The Balaban J connectivity index is 1.27. The van der Waals surface area contributed by atoms with Gasteiger partial charge in [-0.2, -0.15) is 13.8 Å². The smallest absolute Gasteiger partial charge is 0.292 e. The number of nitrogens with zero attached hydrogens (tertiary/aromatic N) is 3. The fourth-order valence-electron chi connectivity index (χ4n) is 5.03. The van der Waals surface area contributed by atoms with Crippen molar-refractivity contribution in [3.63, 3.8) is 0 Å². The molecule has 1 aromatic carbocycles. The molecule has 1 saturated carbocycles. The van der Waals surface area contributed by atoms with Gasteiger partial charge < -0.3 is 19.7 Å². The van der Waals surface area contributed by atoms with E-state index in [9.17, 15) is 8.78 Å². The van der Waals surface area contributed by atoms with E-state index in [1.54, 1.807) is 12.1 Å². The summed E-state index contributed by atoms with van der Waals surface area (Å²) in [5.41, 5.74) is -2.99. The van der Waals surface area contributed by atoms with Gasteiger partial charge in [0.05, 0.1) is 16.9 Å². The Morgan fingerprint density at radius 3 is 2.33 bits per heavy atom. The largest absolute Gasteiger partial charge is 0.493 e. The molecule has 1 aromatic heterocycles. The van der Waals surface area contributed by atoms with Gasteiger partial charge in [-0.25, -0.2) is 4.98 Å². The molecule has 0 radical (unpaired) electrons. The number of aromatic nitrogens is 2. The lowest BCUT2D eigenvalue weighted by molar-refractivity contribution is 0.0450. The van der Waals surface area contributed by atoms with Crippen LogP contribution in [0.25, 0.3) is 12.2 Å². The van der Waals surface area contributed by atoms with Crippen LogP contribution in [0.15, 0.2) is 23.1 Å². The molecular formula is C30H45F2N5O2P2S. The van der Waals surface area contributed by atoms with Crippen molar-refractivity contribution in [2.24, 2.45) is 11.8 Å². The highest BCUT2D eigenvalue weighted by molar-refractivity contribution is 7.97. The zero-order valence-corrected chi connectivity index (χ0v) is 28.2. The van der Waals surface area contributed by atoms with Crippen molar-refractivity contribution in [3.8, 4) is 11.5 Å². The summed E-state index contributed by atoms with van der Waals surface area (Å²) in [7, 11) is 8.33. The molecule has 12 heteroatoms. The SMILES string of the molecule is CN(C)c1nc(NCC2CCC(CNSc3cc(OCC(C)(C)P)ccc3OCC(F)(F)P)CC2)nc2c1=CCCC=2. The zero-order chi connectivity index (χ0) is 30.3. The third-order valence-corrected chi connectivity index (χ3v) is 8.43. The first kappa shape index (κ1) is 33.2. The van der Waals surface area contributed by atoms with Crippen molar-refractivity contribution >= 4 is 54.3 Å². The first-order chi connectivity index (χ1) is 19.9. The van der Waals surface area contributed by atoms with Crippen molar-refractivity contribution in [1.29, 1.82) is 0 Å². The van der Waals surface area contributed by atoms with Gasteiger partial charge in [0.25, 0.3) is 5.66 Å². The highest BCUT2D eigenvalue weighted by Gasteiger charge is 2.24. The molecule has 7 nitrogen and oxygen atoms in total. The molecule has 1 heterocycles. The second-order valence-electron chi connectivity index (χ2n) is 12.2. The number of nitrogens with one attached hydrogen (secondary N) is 2.